The number of rotatable bonds is 3. The smallest absolute Gasteiger partial charge is 0.241 e. The molecule has 2 aliphatic rings. The molecule has 0 saturated carbocycles. The quantitative estimate of drug-likeness (QED) is 0.727. The van der Waals surface area contributed by atoms with Crippen LogP contribution in [0.15, 0.2) is 42.7 Å². The zero-order valence-corrected chi connectivity index (χ0v) is 17.6. The van der Waals surface area contributed by atoms with Crippen LogP contribution in [-0.4, -0.2) is 51.9 Å². The van der Waals surface area contributed by atoms with Crippen molar-refractivity contribution in [1.29, 1.82) is 0 Å². The molecule has 7 nitrogen and oxygen atoms in total. The summed E-state index contributed by atoms with van der Waals surface area (Å²) < 4.78 is 2.13. The molecule has 2 fully saturated rings. The Hall–Kier alpha value is -2.93. The lowest BCUT2D eigenvalue weighted by Crippen LogP contribution is -2.49. The van der Waals surface area contributed by atoms with Gasteiger partial charge in [0.2, 0.25) is 5.91 Å². The zero-order valence-electron chi connectivity index (χ0n) is 17.6. The molecular formula is C23H28N6O. The summed E-state index contributed by atoms with van der Waals surface area (Å²) in [5.41, 5.74) is 4.35. The lowest BCUT2D eigenvalue weighted by Gasteiger charge is -2.33. The topological polar surface area (TPSA) is 65.8 Å². The number of carbonyl (C=O) groups excluding carboxylic acids is 1. The Balaban J connectivity index is 1.43. The number of aryl methyl sites for hydroxylation is 1. The van der Waals surface area contributed by atoms with E-state index in [4.69, 9.17) is 4.98 Å². The predicted molar refractivity (Wildman–Crippen MR) is 116 cm³/mol. The SMILES string of the molecule is Cc1cccnc1C1CCC[C@H](c2cn3c(N4CCN(C)C(=O)C4)cccc3n2)N1. The standard InChI is InChI=1S/C23H28N6O/c1-16-6-5-11-24-23(16)18-8-3-7-17(25-18)19-14-29-20(26-19)9-4-10-21(29)28-13-12-27(2)22(30)15-28/h4-6,9-11,14,17-18,25H,3,7-8,12-13,15H2,1-2H3/t17-,18?/m1/s1. The molecule has 7 heteroatoms. The maximum absolute atomic E-state index is 12.2. The van der Waals surface area contributed by atoms with Crippen molar-refractivity contribution in [2.45, 2.75) is 38.3 Å². The average Bonchev–Trinajstić information content (AvgIpc) is 3.21. The number of piperazine rings is 1. The second-order valence-corrected chi connectivity index (χ2v) is 8.42. The van der Waals surface area contributed by atoms with Gasteiger partial charge in [-0.2, -0.15) is 0 Å². The predicted octanol–water partition coefficient (Wildman–Crippen LogP) is 2.87. The molecule has 0 spiro atoms. The normalized spacial score (nSPS) is 22.7. The van der Waals surface area contributed by atoms with Crippen LogP contribution in [0.1, 0.15) is 48.3 Å². The second-order valence-electron chi connectivity index (χ2n) is 8.42. The number of aromatic nitrogens is 3. The van der Waals surface area contributed by atoms with Gasteiger partial charge in [0.15, 0.2) is 0 Å². The van der Waals surface area contributed by atoms with Gasteiger partial charge in [0, 0.05) is 32.5 Å². The number of pyridine rings is 2. The van der Waals surface area contributed by atoms with Crippen molar-refractivity contribution in [2.75, 3.05) is 31.6 Å². The zero-order chi connectivity index (χ0) is 20.7. The van der Waals surface area contributed by atoms with Gasteiger partial charge in [-0.1, -0.05) is 12.1 Å². The van der Waals surface area contributed by atoms with Gasteiger partial charge in [-0.05, 0) is 49.9 Å². The van der Waals surface area contributed by atoms with Crippen LogP contribution in [0.5, 0.6) is 0 Å². The van der Waals surface area contributed by atoms with Gasteiger partial charge < -0.3 is 15.1 Å². The summed E-state index contributed by atoms with van der Waals surface area (Å²) in [7, 11) is 1.87. The number of likely N-dealkylation sites (N-methyl/N-ethyl adjacent to an activating group) is 1. The summed E-state index contributed by atoms with van der Waals surface area (Å²) in [5, 5.41) is 3.79. The molecule has 0 aromatic carbocycles. The first-order chi connectivity index (χ1) is 14.6. The van der Waals surface area contributed by atoms with Gasteiger partial charge in [0.1, 0.15) is 11.5 Å². The largest absolute Gasteiger partial charge is 0.347 e. The number of amides is 1. The number of carbonyl (C=O) groups is 1. The van der Waals surface area contributed by atoms with Gasteiger partial charge in [-0.15, -0.1) is 0 Å². The summed E-state index contributed by atoms with van der Waals surface area (Å²) in [6.07, 6.45) is 7.32. The number of anilines is 1. The first-order valence-electron chi connectivity index (χ1n) is 10.7. The Morgan fingerprint density at radius 2 is 1.97 bits per heavy atom. The van der Waals surface area contributed by atoms with E-state index in [0.717, 1.165) is 55.2 Å². The number of nitrogens with one attached hydrogen (secondary N) is 1. The lowest BCUT2D eigenvalue weighted by atomic mass is 9.93. The van der Waals surface area contributed by atoms with E-state index >= 15 is 0 Å². The third-order valence-corrected chi connectivity index (χ3v) is 6.40. The van der Waals surface area contributed by atoms with Crippen LogP contribution in [0.25, 0.3) is 5.65 Å². The van der Waals surface area contributed by atoms with Crippen LogP contribution >= 0.6 is 0 Å². The van der Waals surface area contributed by atoms with E-state index < -0.39 is 0 Å². The van der Waals surface area contributed by atoms with Gasteiger partial charge >= 0.3 is 0 Å². The fourth-order valence-electron chi connectivity index (χ4n) is 4.64. The van der Waals surface area contributed by atoms with Crippen molar-refractivity contribution in [3.8, 4) is 0 Å². The molecule has 0 radical (unpaired) electrons. The fourth-order valence-corrected chi connectivity index (χ4v) is 4.64. The molecule has 156 valence electrons. The van der Waals surface area contributed by atoms with Crippen LogP contribution in [0.4, 0.5) is 5.82 Å². The minimum atomic E-state index is 0.154. The molecule has 1 N–H and O–H groups in total. The fraction of sp³-hybridized carbons (Fsp3) is 0.435. The third kappa shape index (κ3) is 3.43. The minimum Gasteiger partial charge on any atom is -0.347 e. The number of fused-ring (bicyclic) bond motifs is 1. The minimum absolute atomic E-state index is 0.154. The van der Waals surface area contributed by atoms with Crippen molar-refractivity contribution >= 4 is 17.4 Å². The van der Waals surface area contributed by atoms with Gasteiger partial charge in [-0.3, -0.25) is 14.2 Å². The van der Waals surface area contributed by atoms with E-state index in [2.05, 4.69) is 44.9 Å². The molecule has 2 atom stereocenters. The summed E-state index contributed by atoms with van der Waals surface area (Å²) >= 11 is 0. The molecular weight excluding hydrogens is 376 g/mol. The highest BCUT2D eigenvalue weighted by Crippen LogP contribution is 2.33. The number of nitrogens with zero attached hydrogens (tertiary/aromatic N) is 5. The maximum atomic E-state index is 12.2. The first-order valence-corrected chi connectivity index (χ1v) is 10.7. The highest BCUT2D eigenvalue weighted by Gasteiger charge is 2.28. The second kappa shape index (κ2) is 7.72. The summed E-state index contributed by atoms with van der Waals surface area (Å²) in [6, 6.07) is 10.7. The molecule has 2 aliphatic heterocycles. The van der Waals surface area contributed by atoms with Crippen LogP contribution in [0, 0.1) is 6.92 Å². The van der Waals surface area contributed by atoms with E-state index in [-0.39, 0.29) is 18.0 Å². The van der Waals surface area contributed by atoms with Crippen LogP contribution < -0.4 is 10.2 Å². The summed E-state index contributed by atoms with van der Waals surface area (Å²) in [6.45, 7) is 4.11. The Bertz CT molecular complexity index is 1080. The molecule has 0 bridgehead atoms. The lowest BCUT2D eigenvalue weighted by molar-refractivity contribution is -0.129. The molecule has 30 heavy (non-hydrogen) atoms. The Morgan fingerprint density at radius 1 is 1.10 bits per heavy atom. The first kappa shape index (κ1) is 19.1. The highest BCUT2D eigenvalue weighted by atomic mass is 16.2. The van der Waals surface area contributed by atoms with E-state index in [1.165, 1.54) is 5.56 Å². The summed E-state index contributed by atoms with van der Waals surface area (Å²) in [4.78, 5) is 25.7. The Kier molecular flexibility index (Phi) is 4.90. The van der Waals surface area contributed by atoms with Crippen LogP contribution in [-0.2, 0) is 4.79 Å². The molecule has 5 rings (SSSR count). The van der Waals surface area contributed by atoms with E-state index in [0.29, 0.717) is 6.54 Å². The molecule has 3 aromatic rings. The summed E-state index contributed by atoms with van der Waals surface area (Å²) in [5.74, 6) is 1.18. The van der Waals surface area contributed by atoms with Crippen molar-refractivity contribution in [3.05, 3.63) is 59.7 Å². The van der Waals surface area contributed by atoms with E-state index in [9.17, 15) is 4.79 Å². The van der Waals surface area contributed by atoms with Crippen molar-refractivity contribution in [1.82, 2.24) is 24.6 Å². The maximum Gasteiger partial charge on any atom is 0.241 e. The van der Waals surface area contributed by atoms with Gasteiger partial charge in [0.25, 0.3) is 0 Å². The van der Waals surface area contributed by atoms with E-state index in [1.54, 1.807) is 4.90 Å². The molecule has 5 heterocycles. The number of hydrogen-bond acceptors (Lipinski definition) is 5. The molecule has 3 aromatic heterocycles. The number of hydrogen-bond donors (Lipinski definition) is 1. The van der Waals surface area contributed by atoms with Gasteiger partial charge in [0.05, 0.1) is 30.0 Å². The average molecular weight is 405 g/mol. The molecule has 2 saturated heterocycles. The Morgan fingerprint density at radius 3 is 2.80 bits per heavy atom. The molecule has 1 amide bonds. The van der Waals surface area contributed by atoms with Crippen molar-refractivity contribution in [2.24, 2.45) is 0 Å². The Labute approximate surface area is 176 Å². The highest BCUT2D eigenvalue weighted by molar-refractivity contribution is 5.82. The van der Waals surface area contributed by atoms with Crippen molar-refractivity contribution in [3.63, 3.8) is 0 Å². The number of piperidine rings is 1. The molecule has 0 aliphatic carbocycles. The van der Waals surface area contributed by atoms with Crippen LogP contribution in [0.2, 0.25) is 0 Å². The van der Waals surface area contributed by atoms with Gasteiger partial charge in [-0.25, -0.2) is 4.98 Å². The van der Waals surface area contributed by atoms with Crippen LogP contribution in [0.3, 0.4) is 0 Å². The van der Waals surface area contributed by atoms with Crippen molar-refractivity contribution < 1.29 is 4.79 Å². The third-order valence-electron chi connectivity index (χ3n) is 6.40. The monoisotopic (exact) mass is 404 g/mol. The van der Waals surface area contributed by atoms with E-state index in [1.807, 2.05) is 31.4 Å². The molecule has 1 unspecified atom stereocenters. The number of imidazole rings is 1.